The molecule has 2 unspecified atom stereocenters. The maximum atomic E-state index is 9.51. The van der Waals surface area contributed by atoms with E-state index in [1.54, 1.807) is 0 Å². The van der Waals surface area contributed by atoms with E-state index in [-0.39, 0.29) is 6.10 Å². The number of halogens is 1. The lowest BCUT2D eigenvalue weighted by Crippen LogP contribution is -2.06. The van der Waals surface area contributed by atoms with Crippen LogP contribution in [0.5, 0.6) is 0 Å². The lowest BCUT2D eigenvalue weighted by atomic mass is 10.1. The average Bonchev–Trinajstić information content (AvgIpc) is 2.30. The standard InChI is InChI=1S/C9H9IO/c10-9-7-4-2-1-3-6(7)5-8(9)11/h1-4,8-9,11H,5H2. The first-order valence-corrected chi connectivity index (χ1v) is 4.93. The van der Waals surface area contributed by atoms with Crippen molar-refractivity contribution in [3.05, 3.63) is 35.4 Å². The van der Waals surface area contributed by atoms with Crippen LogP contribution in [0.25, 0.3) is 0 Å². The fourth-order valence-electron chi connectivity index (χ4n) is 1.53. The van der Waals surface area contributed by atoms with Crippen LogP contribution in [0, 0.1) is 0 Å². The van der Waals surface area contributed by atoms with Gasteiger partial charge in [-0.15, -0.1) is 0 Å². The zero-order valence-corrected chi connectivity index (χ0v) is 8.15. The Balaban J connectivity index is 2.47. The van der Waals surface area contributed by atoms with E-state index < -0.39 is 0 Å². The summed E-state index contributed by atoms with van der Waals surface area (Å²) in [6, 6.07) is 8.25. The van der Waals surface area contributed by atoms with Crippen molar-refractivity contribution in [2.75, 3.05) is 0 Å². The molecule has 1 aliphatic rings. The van der Waals surface area contributed by atoms with Gasteiger partial charge in [0.2, 0.25) is 0 Å². The van der Waals surface area contributed by atoms with Gasteiger partial charge in [0.05, 0.1) is 10.0 Å². The van der Waals surface area contributed by atoms with Gasteiger partial charge in [0.1, 0.15) is 0 Å². The summed E-state index contributed by atoms with van der Waals surface area (Å²) < 4.78 is 0.295. The van der Waals surface area contributed by atoms with Crippen molar-refractivity contribution in [3.8, 4) is 0 Å². The molecule has 0 saturated heterocycles. The van der Waals surface area contributed by atoms with Gasteiger partial charge in [0, 0.05) is 6.42 Å². The lowest BCUT2D eigenvalue weighted by molar-refractivity contribution is 0.188. The monoisotopic (exact) mass is 260 g/mol. The third-order valence-corrected chi connectivity index (χ3v) is 3.62. The number of aliphatic hydroxyl groups is 1. The highest BCUT2D eigenvalue weighted by molar-refractivity contribution is 14.1. The van der Waals surface area contributed by atoms with E-state index in [1.807, 2.05) is 12.1 Å². The highest BCUT2D eigenvalue weighted by Gasteiger charge is 2.27. The van der Waals surface area contributed by atoms with Gasteiger partial charge < -0.3 is 5.11 Å². The Bertz CT molecular complexity index is 272. The molecule has 2 heteroatoms. The number of fused-ring (bicyclic) bond motifs is 1. The highest BCUT2D eigenvalue weighted by Crippen LogP contribution is 2.37. The summed E-state index contributed by atoms with van der Waals surface area (Å²) in [6.07, 6.45) is 0.650. The van der Waals surface area contributed by atoms with Gasteiger partial charge in [0.25, 0.3) is 0 Å². The number of alkyl halides is 1. The van der Waals surface area contributed by atoms with Crippen molar-refractivity contribution < 1.29 is 5.11 Å². The normalized spacial score (nSPS) is 28.5. The fraction of sp³-hybridized carbons (Fsp3) is 0.333. The molecule has 1 aromatic rings. The van der Waals surface area contributed by atoms with Crippen LogP contribution in [0.15, 0.2) is 24.3 Å². The quantitative estimate of drug-likeness (QED) is 0.559. The predicted octanol–water partition coefficient (Wildman–Crippen LogP) is 2.08. The van der Waals surface area contributed by atoms with Crippen molar-refractivity contribution in [2.24, 2.45) is 0 Å². The Hall–Kier alpha value is -0.0900. The molecule has 0 radical (unpaired) electrons. The summed E-state index contributed by atoms with van der Waals surface area (Å²) in [5.41, 5.74) is 2.61. The zero-order valence-electron chi connectivity index (χ0n) is 6.00. The molecule has 0 saturated carbocycles. The smallest absolute Gasteiger partial charge is 0.0739 e. The molecule has 1 nitrogen and oxygen atoms in total. The Labute approximate surface area is 79.6 Å². The molecule has 2 rings (SSSR count). The predicted molar refractivity (Wildman–Crippen MR) is 52.9 cm³/mol. The molecule has 0 heterocycles. The van der Waals surface area contributed by atoms with Gasteiger partial charge in [-0.05, 0) is 11.1 Å². The Morgan fingerprint density at radius 3 is 2.82 bits per heavy atom. The van der Waals surface area contributed by atoms with E-state index in [4.69, 9.17) is 0 Å². The maximum Gasteiger partial charge on any atom is 0.0739 e. The van der Waals surface area contributed by atoms with Crippen LogP contribution in [0.2, 0.25) is 0 Å². The minimum Gasteiger partial charge on any atom is -0.391 e. The second-order valence-corrected chi connectivity index (χ2v) is 4.21. The molecule has 1 aromatic carbocycles. The first-order valence-electron chi connectivity index (χ1n) is 3.69. The van der Waals surface area contributed by atoms with Crippen molar-refractivity contribution in [1.82, 2.24) is 0 Å². The number of hydrogen-bond acceptors (Lipinski definition) is 1. The van der Waals surface area contributed by atoms with Gasteiger partial charge in [-0.1, -0.05) is 46.9 Å². The van der Waals surface area contributed by atoms with Crippen LogP contribution in [-0.2, 0) is 6.42 Å². The molecule has 0 aromatic heterocycles. The van der Waals surface area contributed by atoms with E-state index >= 15 is 0 Å². The number of rotatable bonds is 0. The fourth-order valence-corrected chi connectivity index (χ4v) is 2.39. The average molecular weight is 260 g/mol. The topological polar surface area (TPSA) is 20.2 Å². The Morgan fingerprint density at radius 2 is 2.09 bits per heavy atom. The molecule has 0 amide bonds. The summed E-state index contributed by atoms with van der Waals surface area (Å²) in [4.78, 5) is 0. The molecule has 2 atom stereocenters. The first kappa shape index (κ1) is 7.55. The molecule has 0 spiro atoms. The molecule has 0 aliphatic heterocycles. The molecular weight excluding hydrogens is 251 g/mol. The first-order chi connectivity index (χ1) is 5.29. The number of benzene rings is 1. The van der Waals surface area contributed by atoms with Crippen molar-refractivity contribution in [3.63, 3.8) is 0 Å². The second-order valence-electron chi connectivity index (χ2n) is 2.87. The SMILES string of the molecule is OC1Cc2ccccc2C1I. The van der Waals surface area contributed by atoms with Gasteiger partial charge in [-0.3, -0.25) is 0 Å². The molecular formula is C9H9IO. The van der Waals surface area contributed by atoms with Crippen molar-refractivity contribution in [1.29, 1.82) is 0 Å². The third-order valence-electron chi connectivity index (χ3n) is 2.12. The minimum absolute atomic E-state index is 0.173. The Kier molecular flexibility index (Phi) is 1.89. The van der Waals surface area contributed by atoms with E-state index in [0.717, 1.165) is 6.42 Å². The van der Waals surface area contributed by atoms with E-state index in [9.17, 15) is 5.11 Å². The van der Waals surface area contributed by atoms with Crippen LogP contribution >= 0.6 is 22.6 Å². The molecule has 0 bridgehead atoms. The van der Waals surface area contributed by atoms with Crippen molar-refractivity contribution >= 4 is 22.6 Å². The maximum absolute atomic E-state index is 9.51. The van der Waals surface area contributed by atoms with E-state index in [1.165, 1.54) is 11.1 Å². The van der Waals surface area contributed by atoms with E-state index in [0.29, 0.717) is 3.92 Å². The summed E-state index contributed by atoms with van der Waals surface area (Å²) in [5.74, 6) is 0. The Morgan fingerprint density at radius 1 is 1.36 bits per heavy atom. The van der Waals surface area contributed by atoms with Gasteiger partial charge in [-0.25, -0.2) is 0 Å². The molecule has 0 fully saturated rings. The summed E-state index contributed by atoms with van der Waals surface area (Å²) in [6.45, 7) is 0. The van der Waals surface area contributed by atoms with Crippen LogP contribution in [0.1, 0.15) is 15.1 Å². The summed E-state index contributed by atoms with van der Waals surface area (Å²) >= 11 is 2.30. The zero-order chi connectivity index (χ0) is 7.84. The molecule has 1 N–H and O–H groups in total. The summed E-state index contributed by atoms with van der Waals surface area (Å²) in [7, 11) is 0. The highest BCUT2D eigenvalue weighted by atomic mass is 127. The van der Waals surface area contributed by atoms with Crippen LogP contribution in [-0.4, -0.2) is 11.2 Å². The van der Waals surface area contributed by atoms with Crippen LogP contribution in [0.3, 0.4) is 0 Å². The third kappa shape index (κ3) is 1.18. The molecule has 58 valence electrons. The largest absolute Gasteiger partial charge is 0.391 e. The lowest BCUT2D eigenvalue weighted by Gasteiger charge is -2.05. The molecule has 11 heavy (non-hydrogen) atoms. The summed E-state index contributed by atoms with van der Waals surface area (Å²) in [5, 5.41) is 9.51. The van der Waals surface area contributed by atoms with Crippen molar-refractivity contribution in [2.45, 2.75) is 16.4 Å². The van der Waals surface area contributed by atoms with Crippen LogP contribution < -0.4 is 0 Å². The van der Waals surface area contributed by atoms with Gasteiger partial charge >= 0.3 is 0 Å². The van der Waals surface area contributed by atoms with Gasteiger partial charge in [0.15, 0.2) is 0 Å². The number of aliphatic hydroxyl groups excluding tert-OH is 1. The van der Waals surface area contributed by atoms with E-state index in [2.05, 4.69) is 34.7 Å². The van der Waals surface area contributed by atoms with Crippen LogP contribution in [0.4, 0.5) is 0 Å². The number of hydrogen-bond donors (Lipinski definition) is 1. The minimum atomic E-state index is -0.173. The molecule has 1 aliphatic carbocycles. The van der Waals surface area contributed by atoms with Gasteiger partial charge in [-0.2, -0.15) is 0 Å². The second kappa shape index (κ2) is 2.75.